The van der Waals surface area contributed by atoms with Gasteiger partial charge in [0.15, 0.2) is 0 Å². The first-order valence-electron chi connectivity index (χ1n) is 9.68. The topological polar surface area (TPSA) is 75.7 Å². The molecule has 1 amide bonds. The molecule has 0 saturated heterocycles. The summed E-state index contributed by atoms with van der Waals surface area (Å²) in [6, 6.07) is 18.4. The number of carbonyl (C=O) groups excluding carboxylic acids is 1. The van der Waals surface area contributed by atoms with Gasteiger partial charge < -0.3 is 10.1 Å². The molecule has 0 unspecified atom stereocenters. The van der Waals surface area contributed by atoms with Crippen molar-refractivity contribution in [2.24, 2.45) is 0 Å². The van der Waals surface area contributed by atoms with Crippen LogP contribution < -0.4 is 14.4 Å². The fourth-order valence-corrected chi connectivity index (χ4v) is 4.33. The number of anilines is 2. The molecule has 3 aromatic carbocycles. The largest absolute Gasteiger partial charge is 0.494 e. The molecule has 0 atom stereocenters. The molecule has 31 heavy (non-hydrogen) atoms. The first-order chi connectivity index (χ1) is 14.8. The van der Waals surface area contributed by atoms with Gasteiger partial charge in [-0.3, -0.25) is 9.10 Å². The van der Waals surface area contributed by atoms with Gasteiger partial charge in [-0.1, -0.05) is 29.8 Å². The molecule has 8 heteroatoms. The average molecular weight is 443 g/mol. The van der Waals surface area contributed by atoms with E-state index < -0.39 is 28.3 Å². The lowest BCUT2D eigenvalue weighted by molar-refractivity contribution is -0.114. The summed E-state index contributed by atoms with van der Waals surface area (Å²) in [6.45, 7) is 3.64. The number of carbonyl (C=O) groups is 1. The predicted molar refractivity (Wildman–Crippen MR) is 118 cm³/mol. The van der Waals surface area contributed by atoms with E-state index in [0.717, 1.165) is 9.87 Å². The summed E-state index contributed by atoms with van der Waals surface area (Å²) in [6.07, 6.45) is 0. The van der Waals surface area contributed by atoms with E-state index in [2.05, 4.69) is 5.32 Å². The van der Waals surface area contributed by atoms with E-state index in [1.165, 1.54) is 30.3 Å². The van der Waals surface area contributed by atoms with Crippen LogP contribution in [0, 0.1) is 12.7 Å². The summed E-state index contributed by atoms with van der Waals surface area (Å²) in [5, 5.41) is 2.43. The highest BCUT2D eigenvalue weighted by atomic mass is 32.2. The number of rotatable bonds is 8. The Labute approximate surface area is 181 Å². The van der Waals surface area contributed by atoms with Gasteiger partial charge in [0.05, 0.1) is 22.9 Å². The van der Waals surface area contributed by atoms with Crippen LogP contribution in [0.5, 0.6) is 5.75 Å². The number of ether oxygens (including phenoxy) is 1. The molecule has 0 aromatic heterocycles. The molecule has 6 nitrogen and oxygen atoms in total. The van der Waals surface area contributed by atoms with Gasteiger partial charge in [0.1, 0.15) is 18.1 Å². The molecular formula is C23H23FN2O4S. The van der Waals surface area contributed by atoms with Crippen molar-refractivity contribution in [1.82, 2.24) is 0 Å². The van der Waals surface area contributed by atoms with Gasteiger partial charge in [-0.25, -0.2) is 12.8 Å². The minimum absolute atomic E-state index is 0.00946. The van der Waals surface area contributed by atoms with E-state index in [1.807, 2.05) is 13.8 Å². The van der Waals surface area contributed by atoms with Crippen LogP contribution >= 0.6 is 0 Å². The van der Waals surface area contributed by atoms with Crippen LogP contribution in [0.15, 0.2) is 77.7 Å². The van der Waals surface area contributed by atoms with Crippen molar-refractivity contribution >= 4 is 27.3 Å². The Kier molecular flexibility index (Phi) is 6.91. The molecule has 3 aromatic rings. The lowest BCUT2D eigenvalue weighted by atomic mass is 10.2. The Morgan fingerprint density at radius 3 is 2.26 bits per heavy atom. The average Bonchev–Trinajstić information content (AvgIpc) is 2.75. The zero-order valence-corrected chi connectivity index (χ0v) is 18.0. The maximum Gasteiger partial charge on any atom is 0.264 e. The van der Waals surface area contributed by atoms with Crippen molar-refractivity contribution in [1.29, 1.82) is 0 Å². The summed E-state index contributed by atoms with van der Waals surface area (Å²) in [7, 11) is -4.07. The number of nitrogens with zero attached hydrogens (tertiary/aromatic N) is 1. The summed E-state index contributed by atoms with van der Waals surface area (Å²) in [4.78, 5) is 12.6. The number of nitrogens with one attached hydrogen (secondary N) is 1. The number of benzene rings is 3. The Bertz CT molecular complexity index is 1150. The van der Waals surface area contributed by atoms with Crippen LogP contribution in [0.4, 0.5) is 15.8 Å². The fourth-order valence-electron chi connectivity index (χ4n) is 2.91. The van der Waals surface area contributed by atoms with E-state index >= 15 is 0 Å². The van der Waals surface area contributed by atoms with Gasteiger partial charge in [0, 0.05) is 0 Å². The number of hydrogen-bond donors (Lipinski definition) is 1. The van der Waals surface area contributed by atoms with Crippen molar-refractivity contribution in [2.75, 3.05) is 22.8 Å². The Morgan fingerprint density at radius 1 is 1.00 bits per heavy atom. The van der Waals surface area contributed by atoms with E-state index in [-0.39, 0.29) is 10.6 Å². The summed E-state index contributed by atoms with van der Waals surface area (Å²) in [5.41, 5.74) is 1.25. The predicted octanol–water partition coefficient (Wildman–Crippen LogP) is 4.37. The van der Waals surface area contributed by atoms with Gasteiger partial charge in [0.2, 0.25) is 5.91 Å². The first-order valence-corrected chi connectivity index (χ1v) is 11.1. The van der Waals surface area contributed by atoms with Crippen LogP contribution in [0.1, 0.15) is 12.5 Å². The second kappa shape index (κ2) is 9.61. The second-order valence-corrected chi connectivity index (χ2v) is 8.64. The molecule has 0 saturated carbocycles. The van der Waals surface area contributed by atoms with Crippen molar-refractivity contribution in [3.8, 4) is 5.75 Å². The van der Waals surface area contributed by atoms with Gasteiger partial charge in [-0.05, 0) is 62.4 Å². The van der Waals surface area contributed by atoms with Crippen LogP contribution in [0.2, 0.25) is 0 Å². The second-order valence-electron chi connectivity index (χ2n) is 6.78. The third kappa shape index (κ3) is 5.40. The SMILES string of the molecule is CCOc1ccc(S(=O)(=O)N(CC(=O)Nc2ccccc2F)c2ccc(C)cc2)cc1. The van der Waals surface area contributed by atoms with Crippen LogP contribution in [-0.4, -0.2) is 27.5 Å². The Hall–Kier alpha value is -3.39. The maximum atomic E-state index is 13.9. The molecule has 3 rings (SSSR count). The highest BCUT2D eigenvalue weighted by Gasteiger charge is 2.27. The van der Waals surface area contributed by atoms with Gasteiger partial charge in [-0.2, -0.15) is 0 Å². The number of hydrogen-bond acceptors (Lipinski definition) is 4. The van der Waals surface area contributed by atoms with E-state index in [4.69, 9.17) is 4.74 Å². The monoisotopic (exact) mass is 442 g/mol. The van der Waals surface area contributed by atoms with Crippen LogP contribution in [-0.2, 0) is 14.8 Å². The molecular weight excluding hydrogens is 419 g/mol. The van der Waals surface area contributed by atoms with Crippen molar-refractivity contribution in [2.45, 2.75) is 18.7 Å². The maximum absolute atomic E-state index is 13.9. The number of amides is 1. The van der Waals surface area contributed by atoms with Gasteiger partial charge in [-0.15, -0.1) is 0 Å². The molecule has 0 spiro atoms. The molecule has 0 radical (unpaired) electrons. The third-order valence-corrected chi connectivity index (χ3v) is 6.27. The summed E-state index contributed by atoms with van der Waals surface area (Å²) in [5.74, 6) is -0.729. The molecule has 0 aliphatic carbocycles. The van der Waals surface area contributed by atoms with E-state index in [0.29, 0.717) is 18.0 Å². The molecule has 0 aliphatic rings. The summed E-state index contributed by atoms with van der Waals surface area (Å²) < 4.78 is 47.0. The van der Waals surface area contributed by atoms with E-state index in [1.54, 1.807) is 42.5 Å². The zero-order valence-electron chi connectivity index (χ0n) is 17.2. The highest BCUT2D eigenvalue weighted by molar-refractivity contribution is 7.92. The minimum atomic E-state index is -4.07. The summed E-state index contributed by atoms with van der Waals surface area (Å²) >= 11 is 0. The number of halogens is 1. The van der Waals surface area contributed by atoms with Crippen molar-refractivity contribution < 1.29 is 22.3 Å². The van der Waals surface area contributed by atoms with Crippen molar-refractivity contribution in [3.05, 3.63) is 84.2 Å². The quantitative estimate of drug-likeness (QED) is 0.562. The Morgan fingerprint density at radius 2 is 1.65 bits per heavy atom. The van der Waals surface area contributed by atoms with Crippen molar-refractivity contribution in [3.63, 3.8) is 0 Å². The van der Waals surface area contributed by atoms with Gasteiger partial charge in [0.25, 0.3) is 10.0 Å². The third-order valence-electron chi connectivity index (χ3n) is 4.48. The molecule has 0 bridgehead atoms. The first kappa shape index (κ1) is 22.3. The van der Waals surface area contributed by atoms with Crippen LogP contribution in [0.3, 0.4) is 0 Å². The number of sulfonamides is 1. The van der Waals surface area contributed by atoms with E-state index in [9.17, 15) is 17.6 Å². The fraction of sp³-hybridized carbons (Fsp3) is 0.174. The number of aryl methyl sites for hydroxylation is 1. The highest BCUT2D eigenvalue weighted by Crippen LogP contribution is 2.26. The lowest BCUT2D eigenvalue weighted by Crippen LogP contribution is -2.38. The van der Waals surface area contributed by atoms with Crippen LogP contribution in [0.25, 0.3) is 0 Å². The molecule has 0 aliphatic heterocycles. The minimum Gasteiger partial charge on any atom is -0.494 e. The number of para-hydroxylation sites is 1. The lowest BCUT2D eigenvalue weighted by Gasteiger charge is -2.24. The zero-order chi connectivity index (χ0) is 22.4. The van der Waals surface area contributed by atoms with Gasteiger partial charge >= 0.3 is 0 Å². The molecule has 0 fully saturated rings. The standard InChI is InChI=1S/C23H23FN2O4S/c1-3-30-19-12-14-20(15-13-19)31(28,29)26(18-10-8-17(2)9-11-18)16-23(27)25-22-7-5-4-6-21(22)24/h4-15H,3,16H2,1-2H3,(H,25,27). The smallest absolute Gasteiger partial charge is 0.264 e. The molecule has 1 N–H and O–H groups in total. The Balaban J connectivity index is 1.93. The molecule has 0 heterocycles. The molecule has 162 valence electrons. The normalized spacial score (nSPS) is 11.1.